The number of nitrogens with one attached hydrogen (secondary N) is 1. The van der Waals surface area contributed by atoms with Crippen LogP contribution in [0.2, 0.25) is 0 Å². The van der Waals surface area contributed by atoms with E-state index in [9.17, 15) is 13.6 Å². The van der Waals surface area contributed by atoms with Crippen LogP contribution in [-0.4, -0.2) is 36.0 Å². The van der Waals surface area contributed by atoms with E-state index in [-0.39, 0.29) is 12.5 Å². The average molecular weight is 361 g/mol. The van der Waals surface area contributed by atoms with Gasteiger partial charge in [-0.25, -0.2) is 8.78 Å². The molecule has 3 rings (SSSR count). The van der Waals surface area contributed by atoms with Crippen molar-refractivity contribution in [2.75, 3.05) is 20.2 Å². The van der Waals surface area contributed by atoms with Crippen LogP contribution in [0.15, 0.2) is 36.7 Å². The van der Waals surface area contributed by atoms with Crippen LogP contribution in [0.3, 0.4) is 0 Å². The summed E-state index contributed by atoms with van der Waals surface area (Å²) < 4.78 is 32.3. The van der Waals surface area contributed by atoms with Gasteiger partial charge in [0.15, 0.2) is 17.4 Å². The third-order valence-corrected chi connectivity index (χ3v) is 4.48. The molecule has 1 saturated heterocycles. The molecule has 7 heteroatoms. The molecule has 1 aliphatic rings. The summed E-state index contributed by atoms with van der Waals surface area (Å²) in [5.74, 6) is -2.22. The smallest absolute Gasteiger partial charge is 0.242 e. The summed E-state index contributed by atoms with van der Waals surface area (Å²) in [6.45, 7) is 1.69. The number of pyridine rings is 1. The Hall–Kier alpha value is -2.54. The summed E-state index contributed by atoms with van der Waals surface area (Å²) in [6, 6.07) is 5.52. The molecule has 1 fully saturated rings. The lowest BCUT2D eigenvalue weighted by atomic mass is 10.1. The largest absolute Gasteiger partial charge is 0.491 e. The van der Waals surface area contributed by atoms with Gasteiger partial charge in [0.2, 0.25) is 5.91 Å². The van der Waals surface area contributed by atoms with Crippen LogP contribution in [0, 0.1) is 11.6 Å². The van der Waals surface area contributed by atoms with Crippen LogP contribution in [-0.2, 0) is 11.3 Å². The summed E-state index contributed by atoms with van der Waals surface area (Å²) in [4.78, 5) is 19.0. The maximum atomic E-state index is 13.8. The Morgan fingerprint density at radius 3 is 2.58 bits per heavy atom. The maximum Gasteiger partial charge on any atom is 0.242 e. The molecule has 0 spiro atoms. The van der Waals surface area contributed by atoms with Crippen molar-refractivity contribution in [3.63, 3.8) is 0 Å². The Bertz CT molecular complexity index is 742. The van der Waals surface area contributed by atoms with Crippen molar-refractivity contribution >= 4 is 5.91 Å². The minimum absolute atomic E-state index is 0.0290. The van der Waals surface area contributed by atoms with Crippen molar-refractivity contribution in [3.8, 4) is 5.75 Å². The van der Waals surface area contributed by atoms with Crippen molar-refractivity contribution in [2.24, 2.45) is 0 Å². The molecule has 138 valence electrons. The normalized spacial score (nSPS) is 15.7. The number of hydrogen-bond donors (Lipinski definition) is 1. The topological polar surface area (TPSA) is 54.5 Å². The minimum Gasteiger partial charge on any atom is -0.491 e. The van der Waals surface area contributed by atoms with Crippen molar-refractivity contribution in [1.82, 2.24) is 15.2 Å². The van der Waals surface area contributed by atoms with Gasteiger partial charge in [0.1, 0.15) is 6.04 Å². The van der Waals surface area contributed by atoms with Gasteiger partial charge in [-0.05, 0) is 55.3 Å². The second-order valence-corrected chi connectivity index (χ2v) is 6.24. The number of aromatic nitrogens is 1. The van der Waals surface area contributed by atoms with E-state index in [1.54, 1.807) is 18.5 Å². The Morgan fingerprint density at radius 2 is 2.00 bits per heavy atom. The highest BCUT2D eigenvalue weighted by Gasteiger charge is 2.29. The third-order valence-electron chi connectivity index (χ3n) is 4.48. The highest BCUT2D eigenvalue weighted by molar-refractivity contribution is 5.83. The lowest BCUT2D eigenvalue weighted by Crippen LogP contribution is -2.39. The number of benzene rings is 1. The van der Waals surface area contributed by atoms with E-state index in [4.69, 9.17) is 0 Å². The lowest BCUT2D eigenvalue weighted by molar-refractivity contribution is -0.126. The number of carbonyl (C=O) groups is 1. The fraction of sp³-hybridized carbons (Fsp3) is 0.368. The summed E-state index contributed by atoms with van der Waals surface area (Å²) in [5.41, 5.74) is 1.14. The molecule has 2 aromatic rings. The van der Waals surface area contributed by atoms with E-state index >= 15 is 0 Å². The Kier molecular flexibility index (Phi) is 5.78. The second-order valence-electron chi connectivity index (χ2n) is 6.24. The Labute approximate surface area is 151 Å². The molecule has 0 saturated carbocycles. The first kappa shape index (κ1) is 18.3. The second kappa shape index (κ2) is 8.23. The number of rotatable bonds is 6. The Balaban J connectivity index is 1.74. The molecule has 26 heavy (non-hydrogen) atoms. The summed E-state index contributed by atoms with van der Waals surface area (Å²) in [5, 5.41) is 2.78. The molecule has 1 unspecified atom stereocenters. The van der Waals surface area contributed by atoms with Crippen molar-refractivity contribution in [3.05, 3.63) is 59.4 Å². The third kappa shape index (κ3) is 3.99. The molecule has 1 amide bonds. The predicted octanol–water partition coefficient (Wildman–Crippen LogP) is 2.82. The number of carbonyl (C=O) groups excluding carboxylic acids is 1. The van der Waals surface area contributed by atoms with Gasteiger partial charge in [-0.3, -0.25) is 14.7 Å². The molecule has 2 heterocycles. The molecule has 0 radical (unpaired) electrons. The van der Waals surface area contributed by atoms with Crippen molar-refractivity contribution < 1.29 is 18.3 Å². The standard InChI is InChI=1S/C19H21F2N3O2/c1-26-18-15(20)9-13(10-16(18)21)11-23-19(25)17(24-7-2-3-8-24)14-5-4-6-22-12-14/h4-6,9-10,12,17H,2-3,7-8,11H2,1H3,(H,23,25). The molecule has 1 aromatic heterocycles. The number of methoxy groups -OCH3 is 1. The van der Waals surface area contributed by atoms with Crippen molar-refractivity contribution in [1.29, 1.82) is 0 Å². The van der Waals surface area contributed by atoms with E-state index in [0.29, 0.717) is 5.56 Å². The van der Waals surface area contributed by atoms with E-state index < -0.39 is 23.4 Å². The first-order valence-corrected chi connectivity index (χ1v) is 8.53. The summed E-state index contributed by atoms with van der Waals surface area (Å²) in [7, 11) is 1.21. The van der Waals surface area contributed by atoms with Crippen LogP contribution >= 0.6 is 0 Å². The van der Waals surface area contributed by atoms with Crippen LogP contribution in [0.5, 0.6) is 5.75 Å². The number of nitrogens with zero attached hydrogens (tertiary/aromatic N) is 2. The number of halogens is 2. The van der Waals surface area contributed by atoms with Gasteiger partial charge in [0.05, 0.1) is 7.11 Å². The Morgan fingerprint density at radius 1 is 1.31 bits per heavy atom. The highest BCUT2D eigenvalue weighted by Crippen LogP contribution is 2.26. The minimum atomic E-state index is -0.792. The summed E-state index contributed by atoms with van der Waals surface area (Å²) >= 11 is 0. The van der Waals surface area contributed by atoms with Gasteiger partial charge < -0.3 is 10.1 Å². The number of amides is 1. The van der Waals surface area contributed by atoms with E-state index in [1.165, 1.54) is 7.11 Å². The number of hydrogen-bond acceptors (Lipinski definition) is 4. The van der Waals surface area contributed by atoms with Gasteiger partial charge in [-0.2, -0.15) is 0 Å². The molecule has 0 aliphatic carbocycles. The van der Waals surface area contributed by atoms with E-state index in [1.807, 2.05) is 6.07 Å². The van der Waals surface area contributed by atoms with Crippen LogP contribution < -0.4 is 10.1 Å². The first-order chi connectivity index (χ1) is 12.6. The monoisotopic (exact) mass is 361 g/mol. The first-order valence-electron chi connectivity index (χ1n) is 8.53. The molecule has 0 bridgehead atoms. The fourth-order valence-electron chi connectivity index (χ4n) is 3.26. The van der Waals surface area contributed by atoms with Crippen molar-refractivity contribution in [2.45, 2.75) is 25.4 Å². The molecule has 1 atom stereocenters. The molecule has 1 aliphatic heterocycles. The predicted molar refractivity (Wildman–Crippen MR) is 92.5 cm³/mol. The van der Waals surface area contributed by atoms with Gasteiger partial charge in [0.25, 0.3) is 0 Å². The van der Waals surface area contributed by atoms with Gasteiger partial charge in [-0.1, -0.05) is 6.07 Å². The zero-order valence-corrected chi connectivity index (χ0v) is 14.5. The van der Waals surface area contributed by atoms with Crippen LogP contribution in [0.25, 0.3) is 0 Å². The molecule has 1 aromatic carbocycles. The average Bonchev–Trinajstić information content (AvgIpc) is 3.15. The zero-order chi connectivity index (χ0) is 18.5. The van der Waals surface area contributed by atoms with Gasteiger partial charge in [0, 0.05) is 18.9 Å². The van der Waals surface area contributed by atoms with Crippen LogP contribution in [0.1, 0.15) is 30.0 Å². The number of ether oxygens (including phenoxy) is 1. The lowest BCUT2D eigenvalue weighted by Gasteiger charge is -2.26. The van der Waals surface area contributed by atoms with Gasteiger partial charge in [-0.15, -0.1) is 0 Å². The van der Waals surface area contributed by atoms with Crippen LogP contribution in [0.4, 0.5) is 8.78 Å². The van der Waals surface area contributed by atoms with E-state index in [0.717, 1.165) is 43.6 Å². The molecule has 1 N–H and O–H groups in total. The molecule has 5 nitrogen and oxygen atoms in total. The van der Waals surface area contributed by atoms with E-state index in [2.05, 4.69) is 19.9 Å². The zero-order valence-electron chi connectivity index (χ0n) is 14.5. The van der Waals surface area contributed by atoms with Gasteiger partial charge >= 0.3 is 0 Å². The highest BCUT2D eigenvalue weighted by atomic mass is 19.1. The molecular weight excluding hydrogens is 340 g/mol. The number of likely N-dealkylation sites (tertiary alicyclic amines) is 1. The SMILES string of the molecule is COc1c(F)cc(CNC(=O)C(c2cccnc2)N2CCCC2)cc1F. The fourth-order valence-corrected chi connectivity index (χ4v) is 3.26. The quantitative estimate of drug-likeness (QED) is 0.860. The maximum absolute atomic E-state index is 13.8. The molecular formula is C19H21F2N3O2. The summed E-state index contributed by atoms with van der Waals surface area (Å²) in [6.07, 6.45) is 5.42.